The van der Waals surface area contributed by atoms with Crippen LogP contribution in [0.1, 0.15) is 13.8 Å². The first-order valence-corrected chi connectivity index (χ1v) is 5.95. The van der Waals surface area contributed by atoms with Gasteiger partial charge in [-0.15, -0.1) is 0 Å². The first-order chi connectivity index (χ1) is 11.0. The van der Waals surface area contributed by atoms with Crippen molar-refractivity contribution < 1.29 is 78.9 Å². The minimum absolute atomic E-state index is 0. The molecule has 4 N–H and O–H groups in total. The third-order valence-corrected chi connectivity index (χ3v) is 1.37. The molecule has 2 heterocycles. The molecule has 0 atom stereocenters. The number of carboxylic acids is 2. The minimum Gasteiger partial charge on any atom is -0.550 e. The molecule has 0 amide bonds. The summed E-state index contributed by atoms with van der Waals surface area (Å²) in [6, 6.07) is 2.48. The summed E-state index contributed by atoms with van der Waals surface area (Å²) < 4.78 is 0. The Balaban J connectivity index is -0.000000128. The number of aliphatic carboxylic acids is 2. The second kappa shape index (κ2) is 19.6. The second-order valence-corrected chi connectivity index (χ2v) is 3.58. The van der Waals surface area contributed by atoms with Gasteiger partial charge in [-0.2, -0.15) is 0 Å². The molecule has 0 aliphatic carbocycles. The zero-order valence-corrected chi connectivity index (χ0v) is 18.6. The van der Waals surface area contributed by atoms with Gasteiger partial charge in [-0.25, -0.2) is 9.59 Å². The van der Waals surface area contributed by atoms with Crippen LogP contribution >= 0.6 is 0 Å². The zero-order chi connectivity index (χ0) is 19.1. The van der Waals surface area contributed by atoms with Gasteiger partial charge in [-0.1, -0.05) is 0 Å². The summed E-state index contributed by atoms with van der Waals surface area (Å²) in [5, 5.41) is 17.8. The molecule has 2 rings (SSSR count). The predicted octanol–water partition coefficient (Wildman–Crippen LogP) is -10.4. The van der Waals surface area contributed by atoms with Crippen LogP contribution < -0.4 is 91.8 Å². The fourth-order valence-corrected chi connectivity index (χ4v) is 0.765. The largest absolute Gasteiger partial charge is 1.00 e. The van der Waals surface area contributed by atoms with E-state index in [0.717, 1.165) is 13.8 Å². The number of aromatic nitrogens is 4. The standard InChI is InChI=1S/2C4H4N2O2.2C2H4O2.2Na/c2*7-3-1-2-5-4(8)6-3;2*1-2(3)4;;/h2*1-2H,(H2,5,6,7,8);2*1H3,(H,3,4);;/q;;;;2*+1/p-2. The van der Waals surface area contributed by atoms with E-state index >= 15 is 0 Å². The van der Waals surface area contributed by atoms with Gasteiger partial charge < -0.3 is 29.8 Å². The maximum atomic E-state index is 10.2. The summed E-state index contributed by atoms with van der Waals surface area (Å²) in [6.45, 7) is 1.94. The van der Waals surface area contributed by atoms with Crippen LogP contribution in [0, 0.1) is 0 Å². The molecule has 0 fully saturated rings. The van der Waals surface area contributed by atoms with E-state index in [9.17, 15) is 19.2 Å². The molecular weight excluding hydrogens is 374 g/mol. The Hall–Kier alpha value is -1.70. The van der Waals surface area contributed by atoms with Crippen LogP contribution in [-0.2, 0) is 9.59 Å². The third-order valence-electron chi connectivity index (χ3n) is 1.37. The predicted molar refractivity (Wildman–Crippen MR) is 76.7 cm³/mol. The number of H-pyrrole nitrogens is 4. The smallest absolute Gasteiger partial charge is 0.550 e. The minimum atomic E-state index is -1.08. The fourth-order valence-electron chi connectivity index (χ4n) is 0.765. The van der Waals surface area contributed by atoms with Crippen LogP contribution in [0.3, 0.4) is 0 Å². The Kier molecular flexibility index (Phi) is 24.2. The molecular formula is C12H14N4Na2O8. The summed E-state index contributed by atoms with van der Waals surface area (Å²) in [7, 11) is 0. The number of carbonyl (C=O) groups excluding carboxylic acids is 2. The molecule has 0 saturated carbocycles. The summed E-state index contributed by atoms with van der Waals surface area (Å²) >= 11 is 0. The van der Waals surface area contributed by atoms with Crippen molar-refractivity contribution in [3.05, 3.63) is 66.2 Å². The average Bonchev–Trinajstić information content (AvgIpc) is 2.37. The van der Waals surface area contributed by atoms with Crippen LogP contribution in [0.4, 0.5) is 0 Å². The van der Waals surface area contributed by atoms with Crippen molar-refractivity contribution in [1.29, 1.82) is 0 Å². The van der Waals surface area contributed by atoms with E-state index in [-0.39, 0.29) is 70.2 Å². The fraction of sp³-hybridized carbons (Fsp3) is 0.167. The second-order valence-electron chi connectivity index (χ2n) is 3.58. The van der Waals surface area contributed by atoms with E-state index in [1.807, 2.05) is 9.97 Å². The van der Waals surface area contributed by atoms with Crippen LogP contribution in [0.25, 0.3) is 0 Å². The monoisotopic (exact) mass is 388 g/mol. The summed E-state index contributed by atoms with van der Waals surface area (Å²) in [4.78, 5) is 67.1. The SMILES string of the molecule is CC(=O)[O-].CC(=O)[O-].O=c1cc[nH]c(=O)[nH]1.O=c1cc[nH]c(=O)[nH]1.[Na+].[Na+]. The van der Waals surface area contributed by atoms with Gasteiger partial charge in [0.2, 0.25) is 0 Å². The zero-order valence-electron chi connectivity index (χ0n) is 14.6. The molecule has 2 aromatic rings. The van der Waals surface area contributed by atoms with E-state index in [2.05, 4.69) is 9.97 Å². The number of hydrogen-bond acceptors (Lipinski definition) is 8. The van der Waals surface area contributed by atoms with Crippen molar-refractivity contribution in [3.63, 3.8) is 0 Å². The molecule has 0 aromatic carbocycles. The Labute approximate surface area is 189 Å². The van der Waals surface area contributed by atoms with E-state index < -0.39 is 23.3 Å². The maximum Gasteiger partial charge on any atom is 1.00 e. The molecule has 0 aliphatic rings. The van der Waals surface area contributed by atoms with E-state index in [0.29, 0.717) is 0 Å². The van der Waals surface area contributed by atoms with Crippen molar-refractivity contribution >= 4 is 11.9 Å². The van der Waals surface area contributed by atoms with Crippen molar-refractivity contribution in [2.75, 3.05) is 0 Å². The summed E-state index contributed by atoms with van der Waals surface area (Å²) in [6.07, 6.45) is 2.59. The van der Waals surface area contributed by atoms with E-state index in [1.54, 1.807) is 0 Å². The number of hydrogen-bond donors (Lipinski definition) is 4. The van der Waals surface area contributed by atoms with Crippen molar-refractivity contribution in [2.45, 2.75) is 13.8 Å². The van der Waals surface area contributed by atoms with Gasteiger partial charge in [0.1, 0.15) is 0 Å². The Morgan fingerprint density at radius 3 is 1.08 bits per heavy atom. The Bertz CT molecular complexity index is 725. The number of aromatic amines is 4. The number of rotatable bonds is 0. The van der Waals surface area contributed by atoms with Gasteiger partial charge in [0, 0.05) is 36.5 Å². The molecule has 0 saturated heterocycles. The summed E-state index contributed by atoms with van der Waals surface area (Å²) in [5.74, 6) is -2.17. The van der Waals surface area contributed by atoms with E-state index in [1.165, 1.54) is 24.5 Å². The van der Waals surface area contributed by atoms with Gasteiger partial charge in [0.05, 0.1) is 0 Å². The molecule has 0 spiro atoms. The van der Waals surface area contributed by atoms with Crippen LogP contribution in [0.2, 0.25) is 0 Å². The van der Waals surface area contributed by atoms with Gasteiger partial charge in [-0.3, -0.25) is 19.6 Å². The third kappa shape index (κ3) is 30.2. The van der Waals surface area contributed by atoms with Crippen molar-refractivity contribution in [3.8, 4) is 0 Å². The van der Waals surface area contributed by atoms with Crippen molar-refractivity contribution in [2.24, 2.45) is 0 Å². The molecule has 0 aliphatic heterocycles. The molecule has 12 nitrogen and oxygen atoms in total. The molecule has 14 heteroatoms. The number of carboxylic acid groups (broad SMARTS) is 2. The van der Waals surface area contributed by atoms with Crippen LogP contribution in [-0.4, -0.2) is 31.9 Å². The van der Waals surface area contributed by atoms with Crippen LogP contribution in [0.15, 0.2) is 43.7 Å². The molecule has 0 bridgehead atoms. The molecule has 0 unspecified atom stereocenters. The van der Waals surface area contributed by atoms with Gasteiger partial charge >= 0.3 is 70.5 Å². The normalized spacial score (nSPS) is 7.46. The summed E-state index contributed by atoms with van der Waals surface area (Å²) in [5.41, 5.74) is -1.71. The van der Waals surface area contributed by atoms with Gasteiger partial charge in [0.15, 0.2) is 0 Å². The van der Waals surface area contributed by atoms with Crippen LogP contribution in [0.5, 0.6) is 0 Å². The Morgan fingerprint density at radius 1 is 0.731 bits per heavy atom. The quantitative estimate of drug-likeness (QED) is 0.317. The van der Waals surface area contributed by atoms with Crippen molar-refractivity contribution in [1.82, 2.24) is 19.9 Å². The number of nitrogens with one attached hydrogen (secondary N) is 4. The maximum absolute atomic E-state index is 10.2. The van der Waals surface area contributed by atoms with Gasteiger partial charge in [-0.05, 0) is 13.8 Å². The molecule has 26 heavy (non-hydrogen) atoms. The molecule has 0 radical (unpaired) electrons. The van der Waals surface area contributed by atoms with Gasteiger partial charge in [0.25, 0.3) is 11.1 Å². The topological polar surface area (TPSA) is 212 Å². The Morgan fingerprint density at radius 2 is 0.962 bits per heavy atom. The average molecular weight is 388 g/mol. The number of carbonyl (C=O) groups is 2. The first kappa shape index (κ1) is 32.0. The molecule has 132 valence electrons. The van der Waals surface area contributed by atoms with E-state index in [4.69, 9.17) is 19.8 Å². The first-order valence-electron chi connectivity index (χ1n) is 5.95. The molecule has 2 aromatic heterocycles.